The molecule has 0 amide bonds. The van der Waals surface area contributed by atoms with Gasteiger partial charge in [-0.05, 0) is 44.7 Å². The van der Waals surface area contributed by atoms with Crippen molar-refractivity contribution in [3.63, 3.8) is 0 Å². The van der Waals surface area contributed by atoms with E-state index in [1.54, 1.807) is 36.4 Å². The molecule has 5 heteroatoms. The first kappa shape index (κ1) is 18.6. The van der Waals surface area contributed by atoms with Crippen molar-refractivity contribution in [1.29, 1.82) is 0 Å². The molecule has 0 bridgehead atoms. The number of allylic oxidation sites excluding steroid dienone is 2. The molecule has 2 unspecified atom stereocenters. The third kappa shape index (κ3) is 5.75. The zero-order valence-electron chi connectivity index (χ0n) is 13.0. The first-order chi connectivity index (χ1) is 10.4. The number of benzene rings is 1. The van der Waals surface area contributed by atoms with E-state index in [2.05, 4.69) is 17.9 Å². The minimum Gasteiger partial charge on any atom is -0.391 e. The summed E-state index contributed by atoms with van der Waals surface area (Å²) in [5, 5.41) is 10.2. The summed E-state index contributed by atoms with van der Waals surface area (Å²) in [7, 11) is -3.65. The van der Waals surface area contributed by atoms with Crippen molar-refractivity contribution in [2.75, 3.05) is 0 Å². The molecule has 0 saturated carbocycles. The van der Waals surface area contributed by atoms with E-state index in [-0.39, 0.29) is 4.90 Å². The highest BCUT2D eigenvalue weighted by Gasteiger charge is 2.24. The number of aliphatic hydroxyl groups excluding tert-OH is 1. The summed E-state index contributed by atoms with van der Waals surface area (Å²) in [6.07, 6.45) is 4.92. The van der Waals surface area contributed by atoms with Crippen LogP contribution in [0, 0.1) is 6.92 Å². The van der Waals surface area contributed by atoms with Crippen LogP contribution >= 0.6 is 0 Å². The van der Waals surface area contributed by atoms with Crippen LogP contribution in [-0.4, -0.2) is 25.7 Å². The molecule has 0 saturated heterocycles. The van der Waals surface area contributed by atoms with Crippen molar-refractivity contribution in [1.82, 2.24) is 4.72 Å². The van der Waals surface area contributed by atoms with Crippen LogP contribution in [-0.2, 0) is 10.0 Å². The van der Waals surface area contributed by atoms with Crippen molar-refractivity contribution in [3.05, 3.63) is 55.1 Å². The zero-order chi connectivity index (χ0) is 16.6. The fourth-order valence-electron chi connectivity index (χ4n) is 2.10. The fraction of sp³-hybridized carbons (Fsp3) is 0.412. The van der Waals surface area contributed by atoms with Crippen molar-refractivity contribution in [2.24, 2.45) is 0 Å². The molecule has 1 rings (SSSR count). The van der Waals surface area contributed by atoms with Gasteiger partial charge in [-0.25, -0.2) is 13.1 Å². The van der Waals surface area contributed by atoms with E-state index in [0.29, 0.717) is 25.7 Å². The molecule has 22 heavy (non-hydrogen) atoms. The average Bonchev–Trinajstić information content (AvgIpc) is 2.49. The highest BCUT2D eigenvalue weighted by atomic mass is 32.2. The number of hydrogen-bond acceptors (Lipinski definition) is 3. The maximum absolute atomic E-state index is 12.4. The number of rotatable bonds is 10. The van der Waals surface area contributed by atoms with Crippen LogP contribution in [0.4, 0.5) is 0 Å². The number of nitrogens with one attached hydrogen (secondary N) is 1. The van der Waals surface area contributed by atoms with Crippen LogP contribution in [0.25, 0.3) is 0 Å². The predicted molar refractivity (Wildman–Crippen MR) is 90.2 cm³/mol. The Morgan fingerprint density at radius 1 is 1.14 bits per heavy atom. The Balaban J connectivity index is 2.88. The molecule has 0 fully saturated rings. The molecule has 2 N–H and O–H groups in total. The molecule has 0 aliphatic heterocycles. The van der Waals surface area contributed by atoms with Gasteiger partial charge in [-0.2, -0.15) is 0 Å². The van der Waals surface area contributed by atoms with Gasteiger partial charge in [0.25, 0.3) is 0 Å². The topological polar surface area (TPSA) is 66.4 Å². The summed E-state index contributed by atoms with van der Waals surface area (Å²) in [4.78, 5) is 0.206. The summed E-state index contributed by atoms with van der Waals surface area (Å²) < 4.78 is 27.5. The van der Waals surface area contributed by atoms with Gasteiger partial charge in [-0.3, -0.25) is 0 Å². The summed E-state index contributed by atoms with van der Waals surface area (Å²) >= 11 is 0. The molecule has 1 aromatic carbocycles. The molecule has 0 heterocycles. The lowest BCUT2D eigenvalue weighted by Gasteiger charge is -2.23. The Morgan fingerprint density at radius 2 is 1.68 bits per heavy atom. The minimum atomic E-state index is -3.65. The predicted octanol–water partition coefficient (Wildman–Crippen LogP) is 2.94. The molecule has 0 spiro atoms. The highest BCUT2D eigenvalue weighted by molar-refractivity contribution is 7.89. The Bertz CT molecular complexity index is 578. The second kappa shape index (κ2) is 8.88. The second-order valence-corrected chi connectivity index (χ2v) is 7.05. The largest absolute Gasteiger partial charge is 0.391 e. The van der Waals surface area contributed by atoms with E-state index < -0.39 is 22.2 Å². The van der Waals surface area contributed by atoms with Gasteiger partial charge in [0, 0.05) is 6.04 Å². The number of aryl methyl sites for hydroxylation is 1. The molecule has 122 valence electrons. The standard InChI is InChI=1S/C17H25NO3S/c1-4-6-8-16(17(19)9-7-5-2)18-22(20,21)15-12-10-14(3)11-13-15/h4-5,10-13,16-19H,1-2,6-9H2,3H3. The van der Waals surface area contributed by atoms with Crippen LogP contribution < -0.4 is 4.72 Å². The second-order valence-electron chi connectivity index (χ2n) is 5.34. The zero-order valence-corrected chi connectivity index (χ0v) is 13.8. The Kier molecular flexibility index (Phi) is 7.51. The van der Waals surface area contributed by atoms with Crippen molar-refractivity contribution < 1.29 is 13.5 Å². The Labute approximate surface area is 133 Å². The van der Waals surface area contributed by atoms with Crippen molar-refractivity contribution >= 4 is 10.0 Å². The van der Waals surface area contributed by atoms with Crippen LogP contribution in [0.3, 0.4) is 0 Å². The fourth-order valence-corrected chi connectivity index (χ4v) is 3.41. The van der Waals surface area contributed by atoms with Gasteiger partial charge >= 0.3 is 0 Å². The SMILES string of the molecule is C=CCCC(O)C(CCC=C)NS(=O)(=O)c1ccc(C)cc1. The summed E-state index contributed by atoms with van der Waals surface area (Å²) in [6.45, 7) is 9.16. The van der Waals surface area contributed by atoms with Gasteiger partial charge in [0.2, 0.25) is 10.0 Å². The lowest BCUT2D eigenvalue weighted by atomic mass is 10.0. The van der Waals surface area contributed by atoms with Crippen molar-refractivity contribution in [3.8, 4) is 0 Å². The van der Waals surface area contributed by atoms with E-state index in [9.17, 15) is 13.5 Å². The first-order valence-corrected chi connectivity index (χ1v) is 8.88. The summed E-state index contributed by atoms with van der Waals surface area (Å²) in [5.74, 6) is 0. The molecular weight excluding hydrogens is 298 g/mol. The molecule has 0 radical (unpaired) electrons. The number of sulfonamides is 1. The lowest BCUT2D eigenvalue weighted by Crippen LogP contribution is -2.43. The maximum atomic E-state index is 12.4. The van der Waals surface area contributed by atoms with Crippen LogP contribution in [0.1, 0.15) is 31.2 Å². The number of aliphatic hydroxyl groups is 1. The van der Waals surface area contributed by atoms with Crippen molar-refractivity contribution in [2.45, 2.75) is 49.6 Å². The highest BCUT2D eigenvalue weighted by Crippen LogP contribution is 2.15. The maximum Gasteiger partial charge on any atom is 0.240 e. The summed E-state index contributed by atoms with van der Waals surface area (Å²) in [5.41, 5.74) is 0.994. The average molecular weight is 323 g/mol. The van der Waals surface area contributed by atoms with E-state index in [1.165, 1.54) is 0 Å². The molecule has 2 atom stereocenters. The van der Waals surface area contributed by atoms with Crippen LogP contribution in [0.15, 0.2) is 54.5 Å². The van der Waals surface area contributed by atoms with Gasteiger partial charge < -0.3 is 5.11 Å². The molecule has 0 aliphatic rings. The van der Waals surface area contributed by atoms with Gasteiger partial charge in [0.15, 0.2) is 0 Å². The number of hydrogen-bond donors (Lipinski definition) is 2. The third-order valence-corrected chi connectivity index (χ3v) is 4.96. The minimum absolute atomic E-state index is 0.206. The molecule has 1 aromatic rings. The van der Waals surface area contributed by atoms with Gasteiger partial charge in [0.1, 0.15) is 0 Å². The smallest absolute Gasteiger partial charge is 0.240 e. The van der Waals surface area contributed by atoms with E-state index in [0.717, 1.165) is 5.56 Å². The Morgan fingerprint density at radius 3 is 2.23 bits per heavy atom. The molecule has 0 aromatic heterocycles. The van der Waals surface area contributed by atoms with Crippen LogP contribution in [0.2, 0.25) is 0 Å². The molecular formula is C17H25NO3S. The van der Waals surface area contributed by atoms with Gasteiger partial charge in [0.05, 0.1) is 11.0 Å². The Hall–Kier alpha value is -1.43. The van der Waals surface area contributed by atoms with Gasteiger partial charge in [-0.15, -0.1) is 13.2 Å². The molecule has 0 aliphatic carbocycles. The first-order valence-electron chi connectivity index (χ1n) is 7.39. The lowest BCUT2D eigenvalue weighted by molar-refractivity contribution is 0.125. The third-order valence-electron chi connectivity index (χ3n) is 3.45. The van der Waals surface area contributed by atoms with Gasteiger partial charge in [-0.1, -0.05) is 29.8 Å². The van der Waals surface area contributed by atoms with E-state index in [4.69, 9.17) is 0 Å². The quantitative estimate of drug-likeness (QED) is 0.651. The van der Waals surface area contributed by atoms with E-state index >= 15 is 0 Å². The summed E-state index contributed by atoms with van der Waals surface area (Å²) in [6, 6.07) is 6.10. The van der Waals surface area contributed by atoms with Crippen LogP contribution in [0.5, 0.6) is 0 Å². The normalized spacial score (nSPS) is 14.3. The monoisotopic (exact) mass is 323 g/mol. The van der Waals surface area contributed by atoms with E-state index in [1.807, 2.05) is 6.92 Å². The molecule has 4 nitrogen and oxygen atoms in total.